The lowest BCUT2D eigenvalue weighted by Gasteiger charge is -2.39. The second-order valence-electron chi connectivity index (χ2n) is 14.3. The molecule has 0 aromatic rings. The number of carbonyl (C=O) groups is 1. The maximum atomic E-state index is 12.6. The average molecular weight is 635 g/mol. The van der Waals surface area contributed by atoms with E-state index in [1.165, 1.54) is 96.3 Å². The molecule has 8 nitrogen and oxygen atoms in total. The number of hydrogen-bond donors (Lipinski definition) is 1. The quantitative estimate of drug-likeness (QED) is 0.107. The highest BCUT2D eigenvalue weighted by atomic mass is 32.2. The normalized spacial score (nSPS) is 27.5. The Hall–Kier alpha value is -1.48. The highest BCUT2D eigenvalue weighted by Crippen LogP contribution is 2.39. The van der Waals surface area contributed by atoms with Gasteiger partial charge in [-0.3, -0.25) is 14.3 Å². The third-order valence-corrected chi connectivity index (χ3v) is 12.0. The van der Waals surface area contributed by atoms with Crippen LogP contribution in [0.4, 0.5) is 0 Å². The molecule has 2 heterocycles. The molecule has 2 aliphatic heterocycles. The minimum Gasteiger partial charge on any atom is -0.355 e. The molecule has 0 saturated heterocycles. The summed E-state index contributed by atoms with van der Waals surface area (Å²) < 4.78 is 33.7. The van der Waals surface area contributed by atoms with Gasteiger partial charge in [0.2, 0.25) is 5.91 Å². The molecule has 0 radical (unpaired) electrons. The van der Waals surface area contributed by atoms with E-state index >= 15 is 0 Å². The fraction of sp³-hybridized carbons (Fsp3) is 0.914. The van der Waals surface area contributed by atoms with E-state index < -0.39 is 15.4 Å². The summed E-state index contributed by atoms with van der Waals surface area (Å²) >= 11 is 0. The molecule has 2 saturated carbocycles. The van der Waals surface area contributed by atoms with Gasteiger partial charge < -0.3 is 4.90 Å². The van der Waals surface area contributed by atoms with E-state index in [1.807, 2.05) is 6.92 Å². The molecule has 2 fully saturated rings. The van der Waals surface area contributed by atoms with Crippen LogP contribution >= 0.6 is 0 Å². The van der Waals surface area contributed by atoms with E-state index in [0.717, 1.165) is 56.6 Å². The number of amidine groups is 1. The first-order valence-electron chi connectivity index (χ1n) is 18.4. The minimum absolute atomic E-state index is 0.0687. The van der Waals surface area contributed by atoms with Gasteiger partial charge in [0.05, 0.1) is 29.8 Å². The number of hydrazone groups is 1. The molecular formula is C35H62N4O4S. The molecule has 0 aromatic heterocycles. The van der Waals surface area contributed by atoms with Gasteiger partial charge in [-0.25, -0.2) is 5.01 Å². The molecule has 4 aliphatic rings. The Balaban J connectivity index is 1.19. The second-order valence-corrected chi connectivity index (χ2v) is 16.0. The predicted molar refractivity (Wildman–Crippen MR) is 181 cm³/mol. The van der Waals surface area contributed by atoms with Crippen LogP contribution in [0, 0.1) is 5.92 Å². The average Bonchev–Trinajstić information content (AvgIpc) is 3.54. The standard InChI is InChI=1S/C35H62N4O4S/c1-3-4-5-6-7-8-9-10-11-12-13-14-15-16-17-18-24-38-33-23-22-31(44(41,42)43)27-32(33)36-35(38)29-20-19-21-30(26-29)39-34(40)25-28(2)37-39/h29-33H,3-27H2,1-2H3,(H,41,42,43). The number of hydrogen-bond acceptors (Lipinski definition) is 6. The third kappa shape index (κ3) is 10.5. The Morgan fingerprint density at radius 1 is 0.795 bits per heavy atom. The van der Waals surface area contributed by atoms with Gasteiger partial charge in [0, 0.05) is 18.2 Å². The van der Waals surface area contributed by atoms with Crippen molar-refractivity contribution in [3.8, 4) is 0 Å². The Kier molecular flexibility index (Phi) is 14.5. The molecule has 0 aromatic carbocycles. The molecular weight excluding hydrogens is 572 g/mol. The maximum absolute atomic E-state index is 12.6. The summed E-state index contributed by atoms with van der Waals surface area (Å²) in [7, 11) is -4.05. The number of nitrogens with zero attached hydrogens (tertiary/aromatic N) is 4. The van der Waals surface area contributed by atoms with E-state index in [2.05, 4.69) is 16.9 Å². The monoisotopic (exact) mass is 634 g/mol. The van der Waals surface area contributed by atoms with E-state index in [0.29, 0.717) is 19.3 Å². The molecule has 44 heavy (non-hydrogen) atoms. The number of amides is 1. The Morgan fingerprint density at radius 2 is 1.39 bits per heavy atom. The largest absolute Gasteiger partial charge is 0.355 e. The first kappa shape index (κ1) is 35.4. The van der Waals surface area contributed by atoms with E-state index in [1.54, 1.807) is 5.01 Å². The van der Waals surface area contributed by atoms with Crippen molar-refractivity contribution in [3.05, 3.63) is 0 Å². The summed E-state index contributed by atoms with van der Waals surface area (Å²) in [5.41, 5.74) is 0.891. The molecule has 0 spiro atoms. The zero-order valence-electron chi connectivity index (χ0n) is 27.9. The summed E-state index contributed by atoms with van der Waals surface area (Å²) in [6.45, 7) is 5.17. The van der Waals surface area contributed by atoms with E-state index in [4.69, 9.17) is 4.99 Å². The zero-order chi connectivity index (χ0) is 31.4. The number of aliphatic imine (C=N–C) groups is 1. The zero-order valence-corrected chi connectivity index (χ0v) is 28.7. The third-order valence-electron chi connectivity index (χ3n) is 10.7. The lowest BCUT2D eigenvalue weighted by Crippen LogP contribution is -2.48. The molecule has 1 amide bonds. The Bertz CT molecular complexity index is 1060. The van der Waals surface area contributed by atoms with Gasteiger partial charge in [-0.05, 0) is 51.9 Å². The van der Waals surface area contributed by atoms with Crippen LogP contribution in [-0.4, -0.2) is 70.3 Å². The highest BCUT2D eigenvalue weighted by molar-refractivity contribution is 7.86. The molecule has 1 N–H and O–H groups in total. The first-order chi connectivity index (χ1) is 21.3. The van der Waals surface area contributed by atoms with Crippen molar-refractivity contribution in [2.24, 2.45) is 16.0 Å². The summed E-state index contributed by atoms with van der Waals surface area (Å²) in [6.07, 6.45) is 27.7. The van der Waals surface area contributed by atoms with Gasteiger partial charge in [0.25, 0.3) is 10.1 Å². The topological polar surface area (TPSA) is 103 Å². The SMILES string of the molecule is CCCCCCCCCCCCCCCCCCN1C(C2CCCC(N3N=C(C)CC3=O)C2)=NC2CC(S(=O)(=O)O)CCC21. The summed E-state index contributed by atoms with van der Waals surface area (Å²) in [5, 5.41) is 5.59. The molecule has 252 valence electrons. The van der Waals surface area contributed by atoms with Crippen LogP contribution in [-0.2, 0) is 14.9 Å². The van der Waals surface area contributed by atoms with Crippen molar-refractivity contribution in [1.29, 1.82) is 0 Å². The van der Waals surface area contributed by atoms with Gasteiger partial charge in [0.15, 0.2) is 0 Å². The molecule has 2 aliphatic carbocycles. The van der Waals surface area contributed by atoms with Gasteiger partial charge in [0.1, 0.15) is 5.84 Å². The smallest absolute Gasteiger partial charge is 0.267 e. The fourth-order valence-electron chi connectivity index (χ4n) is 8.21. The van der Waals surface area contributed by atoms with Crippen molar-refractivity contribution in [3.63, 3.8) is 0 Å². The maximum Gasteiger partial charge on any atom is 0.267 e. The molecule has 5 unspecified atom stereocenters. The fourth-order valence-corrected chi connectivity index (χ4v) is 9.09. The van der Waals surface area contributed by atoms with E-state index in [9.17, 15) is 17.8 Å². The predicted octanol–water partition coefficient (Wildman–Crippen LogP) is 8.31. The second kappa shape index (κ2) is 18.0. The van der Waals surface area contributed by atoms with E-state index in [-0.39, 0.29) is 30.0 Å². The summed E-state index contributed by atoms with van der Waals surface area (Å²) in [5.74, 6) is 1.51. The summed E-state index contributed by atoms with van der Waals surface area (Å²) in [6, 6.07) is 0.279. The van der Waals surface area contributed by atoms with Gasteiger partial charge in [-0.2, -0.15) is 13.5 Å². The van der Waals surface area contributed by atoms with Crippen molar-refractivity contribution >= 4 is 27.6 Å². The number of unbranched alkanes of at least 4 members (excludes halogenated alkanes) is 15. The van der Waals surface area contributed by atoms with Crippen molar-refractivity contribution in [2.45, 2.75) is 191 Å². The highest BCUT2D eigenvalue weighted by Gasteiger charge is 2.46. The first-order valence-corrected chi connectivity index (χ1v) is 19.9. The van der Waals surface area contributed by atoms with Crippen LogP contribution in [0.3, 0.4) is 0 Å². The number of carbonyl (C=O) groups excluding carboxylic acids is 1. The van der Waals surface area contributed by atoms with Crippen LogP contribution in [0.2, 0.25) is 0 Å². The number of fused-ring (bicyclic) bond motifs is 1. The van der Waals surface area contributed by atoms with Crippen LogP contribution in [0.25, 0.3) is 0 Å². The Labute approximate surface area is 268 Å². The Morgan fingerprint density at radius 3 is 1.93 bits per heavy atom. The molecule has 9 heteroatoms. The molecule has 0 bridgehead atoms. The molecule has 5 atom stereocenters. The molecule has 4 rings (SSSR count). The van der Waals surface area contributed by atoms with Gasteiger partial charge in [-0.1, -0.05) is 110 Å². The lowest BCUT2D eigenvalue weighted by molar-refractivity contribution is -0.131. The van der Waals surface area contributed by atoms with Crippen molar-refractivity contribution in [1.82, 2.24) is 9.91 Å². The van der Waals surface area contributed by atoms with Crippen LogP contribution < -0.4 is 0 Å². The minimum atomic E-state index is -4.05. The van der Waals surface area contributed by atoms with Crippen molar-refractivity contribution < 1.29 is 17.8 Å². The lowest BCUT2D eigenvalue weighted by atomic mass is 9.83. The van der Waals surface area contributed by atoms with Crippen molar-refractivity contribution in [2.75, 3.05) is 6.54 Å². The number of rotatable bonds is 20. The van der Waals surface area contributed by atoms with Crippen LogP contribution in [0.1, 0.15) is 168 Å². The van der Waals surface area contributed by atoms with Gasteiger partial charge >= 0.3 is 0 Å². The van der Waals surface area contributed by atoms with Crippen LogP contribution in [0.5, 0.6) is 0 Å². The van der Waals surface area contributed by atoms with Crippen LogP contribution in [0.15, 0.2) is 10.1 Å². The summed E-state index contributed by atoms with van der Waals surface area (Å²) in [4.78, 5) is 20.3. The van der Waals surface area contributed by atoms with Gasteiger partial charge in [-0.15, -0.1) is 0 Å².